The van der Waals surface area contributed by atoms with Crippen LogP contribution in [-0.2, 0) is 26.0 Å². The molecular formula is C37H44ClN3O5S. The van der Waals surface area contributed by atoms with E-state index in [2.05, 4.69) is 33.9 Å². The van der Waals surface area contributed by atoms with Crippen LogP contribution in [0.5, 0.6) is 5.75 Å². The molecule has 1 aromatic heterocycles. The van der Waals surface area contributed by atoms with E-state index in [0.717, 1.165) is 92.0 Å². The number of rotatable bonds is 9. The Labute approximate surface area is 286 Å². The number of esters is 1. The van der Waals surface area contributed by atoms with Gasteiger partial charge in [0.15, 0.2) is 5.16 Å². The average molecular weight is 678 g/mol. The number of benzene rings is 2. The molecule has 47 heavy (non-hydrogen) atoms. The summed E-state index contributed by atoms with van der Waals surface area (Å²) in [6.45, 7) is 5.16. The maximum Gasteiger partial charge on any atom is 0.337 e. The summed E-state index contributed by atoms with van der Waals surface area (Å²) in [6.07, 6.45) is 11.3. The minimum atomic E-state index is -0.337. The molecule has 6 atom stereocenters. The molecule has 1 saturated carbocycles. The van der Waals surface area contributed by atoms with E-state index in [1.807, 2.05) is 30.3 Å². The number of anilines is 1. The highest BCUT2D eigenvalue weighted by atomic mass is 35.5. The van der Waals surface area contributed by atoms with E-state index < -0.39 is 0 Å². The highest BCUT2D eigenvalue weighted by molar-refractivity contribution is 7.99. The van der Waals surface area contributed by atoms with Gasteiger partial charge in [0.05, 0.1) is 43.3 Å². The Morgan fingerprint density at radius 1 is 1.17 bits per heavy atom. The topological polar surface area (TPSA) is 83.0 Å². The second kappa shape index (κ2) is 14.3. The third-order valence-corrected chi connectivity index (χ3v) is 11.9. The fraction of sp³-hybridized carbons (Fsp3) is 0.541. The second-order valence-electron chi connectivity index (χ2n) is 13.6. The Hall–Kier alpha value is -2.85. The van der Waals surface area contributed by atoms with Crippen LogP contribution in [0.4, 0.5) is 5.69 Å². The van der Waals surface area contributed by atoms with Crippen LogP contribution in [0.15, 0.2) is 60.0 Å². The molecule has 10 heteroatoms. The third kappa shape index (κ3) is 7.14. The molecule has 2 aliphatic heterocycles. The molecular weight excluding hydrogens is 634 g/mol. The molecule has 0 radical (unpaired) electrons. The first-order valence-electron chi connectivity index (χ1n) is 17.0. The van der Waals surface area contributed by atoms with Gasteiger partial charge in [-0.2, -0.15) is 0 Å². The number of ether oxygens (including phenoxy) is 4. The minimum absolute atomic E-state index is 0.104. The van der Waals surface area contributed by atoms with Crippen LogP contribution < -0.4 is 9.64 Å². The molecule has 2 aliphatic carbocycles. The van der Waals surface area contributed by atoms with Gasteiger partial charge in [-0.3, -0.25) is 0 Å². The van der Waals surface area contributed by atoms with E-state index in [1.54, 1.807) is 24.2 Å². The van der Waals surface area contributed by atoms with Gasteiger partial charge < -0.3 is 23.8 Å². The van der Waals surface area contributed by atoms with Crippen molar-refractivity contribution in [3.63, 3.8) is 0 Å². The van der Waals surface area contributed by atoms with Crippen molar-refractivity contribution in [2.24, 2.45) is 11.8 Å². The number of aromatic nitrogens is 2. The van der Waals surface area contributed by atoms with Gasteiger partial charge in [-0.1, -0.05) is 29.4 Å². The molecule has 0 unspecified atom stereocenters. The second-order valence-corrected chi connectivity index (χ2v) is 15.0. The summed E-state index contributed by atoms with van der Waals surface area (Å²) < 4.78 is 24.7. The van der Waals surface area contributed by atoms with Crippen molar-refractivity contribution in [3.8, 4) is 5.75 Å². The first-order chi connectivity index (χ1) is 22.9. The molecule has 250 valence electrons. The van der Waals surface area contributed by atoms with E-state index in [1.165, 1.54) is 18.2 Å². The average Bonchev–Trinajstić information content (AvgIpc) is 3.22. The Balaban J connectivity index is 1.08. The number of methoxy groups -OCH3 is 1. The Bertz CT molecular complexity index is 1560. The molecule has 0 amide bonds. The van der Waals surface area contributed by atoms with E-state index in [0.29, 0.717) is 24.0 Å². The molecule has 0 N–H and O–H groups in total. The molecule has 2 aromatic carbocycles. The fourth-order valence-electron chi connectivity index (χ4n) is 8.09. The zero-order chi connectivity index (χ0) is 32.4. The van der Waals surface area contributed by atoms with Crippen molar-refractivity contribution < 1.29 is 23.7 Å². The van der Waals surface area contributed by atoms with Crippen molar-refractivity contribution in [2.75, 3.05) is 44.1 Å². The lowest BCUT2D eigenvalue weighted by atomic mass is 9.67. The van der Waals surface area contributed by atoms with E-state index in [-0.39, 0.29) is 29.7 Å². The van der Waals surface area contributed by atoms with Gasteiger partial charge in [0.25, 0.3) is 0 Å². The van der Waals surface area contributed by atoms with Crippen molar-refractivity contribution in [2.45, 2.75) is 80.8 Å². The zero-order valence-electron chi connectivity index (χ0n) is 27.2. The first-order valence-corrected chi connectivity index (χ1v) is 18.3. The molecule has 1 saturated heterocycles. The van der Waals surface area contributed by atoms with Crippen LogP contribution in [-0.4, -0.2) is 73.4 Å². The first kappa shape index (κ1) is 32.7. The molecule has 2 fully saturated rings. The van der Waals surface area contributed by atoms with Crippen LogP contribution in [0.25, 0.3) is 0 Å². The van der Waals surface area contributed by atoms with E-state index >= 15 is 0 Å². The predicted molar refractivity (Wildman–Crippen MR) is 184 cm³/mol. The van der Waals surface area contributed by atoms with Gasteiger partial charge in [-0.05, 0) is 105 Å². The van der Waals surface area contributed by atoms with Gasteiger partial charge in [-0.15, -0.1) is 0 Å². The number of aryl methyl sites for hydroxylation is 1. The lowest BCUT2D eigenvalue weighted by Gasteiger charge is -2.48. The molecule has 3 heterocycles. The number of carbonyl (C=O) groups excluding carboxylic acids is 1. The number of carbonyl (C=O) groups is 1. The summed E-state index contributed by atoms with van der Waals surface area (Å²) in [7, 11) is 1.43. The Kier molecular flexibility index (Phi) is 9.96. The van der Waals surface area contributed by atoms with Crippen molar-refractivity contribution in [3.05, 3.63) is 76.6 Å². The molecule has 1 spiro atoms. The summed E-state index contributed by atoms with van der Waals surface area (Å²) in [6, 6.07) is 13.9. The smallest absolute Gasteiger partial charge is 0.337 e. The normalized spacial score (nSPS) is 27.5. The summed E-state index contributed by atoms with van der Waals surface area (Å²) in [5.74, 6) is 2.24. The van der Waals surface area contributed by atoms with Gasteiger partial charge in [0, 0.05) is 54.7 Å². The summed E-state index contributed by atoms with van der Waals surface area (Å²) >= 11 is 8.09. The number of thioether (sulfide) groups is 1. The van der Waals surface area contributed by atoms with Crippen LogP contribution >= 0.6 is 23.4 Å². The van der Waals surface area contributed by atoms with E-state index in [9.17, 15) is 4.79 Å². The quantitative estimate of drug-likeness (QED) is 0.133. The highest BCUT2D eigenvalue weighted by Gasteiger charge is 2.45. The highest BCUT2D eigenvalue weighted by Crippen LogP contribution is 2.47. The lowest BCUT2D eigenvalue weighted by molar-refractivity contribution is -0.126. The number of fused-ring (bicyclic) bond motifs is 3. The SMILES string of the molecule is COC(=O)c1ccc2c(c1)N(C[C@@H]1CC[C@H]1[C@H]1C[C@@H](O[C@H](C)CSc3ncccn3)CCO1)C[C@@]1(CCCc3cc(Cl)ccc31)CO2. The van der Waals surface area contributed by atoms with Gasteiger partial charge in [0.1, 0.15) is 5.75 Å². The van der Waals surface area contributed by atoms with Crippen molar-refractivity contribution >= 4 is 35.0 Å². The summed E-state index contributed by atoms with van der Waals surface area (Å²) in [4.78, 5) is 23.8. The molecule has 4 aliphatic rings. The Morgan fingerprint density at radius 3 is 2.85 bits per heavy atom. The van der Waals surface area contributed by atoms with Gasteiger partial charge in [-0.25, -0.2) is 14.8 Å². The number of nitrogens with zero attached hydrogens (tertiary/aromatic N) is 3. The van der Waals surface area contributed by atoms with Gasteiger partial charge in [0.2, 0.25) is 0 Å². The van der Waals surface area contributed by atoms with Crippen LogP contribution in [0, 0.1) is 11.8 Å². The molecule has 3 aromatic rings. The Morgan fingerprint density at radius 2 is 2.04 bits per heavy atom. The van der Waals surface area contributed by atoms with Crippen LogP contribution in [0.3, 0.4) is 0 Å². The standard InChI is InChI=1S/C37H44ClN3O5S/c1-24(21-47-36-39-14-4-15-40-36)46-29-12-16-44-34(19-29)30-9-6-27(30)20-41-22-37(13-3-5-25-17-28(38)8-10-31(25)37)23-45-33-11-7-26(18-32(33)41)35(42)43-2/h4,7-8,10-11,14-15,17-18,24,27,29-30,34H,3,5-6,9,12-13,16,19-23H2,1-2H3/t24-,27+,29+,30-,34-,37+/m1/s1. The zero-order valence-corrected chi connectivity index (χ0v) is 28.8. The number of hydrogen-bond acceptors (Lipinski definition) is 9. The largest absolute Gasteiger partial charge is 0.490 e. The lowest BCUT2D eigenvalue weighted by Crippen LogP contribution is -2.51. The maximum absolute atomic E-state index is 12.6. The predicted octanol–water partition coefficient (Wildman–Crippen LogP) is 7.16. The molecule has 7 rings (SSSR count). The molecule has 8 nitrogen and oxygen atoms in total. The number of halogens is 1. The third-order valence-electron chi connectivity index (χ3n) is 10.5. The summed E-state index contributed by atoms with van der Waals surface area (Å²) in [5.41, 5.74) is 4.00. The molecule has 0 bridgehead atoms. The van der Waals surface area contributed by atoms with Gasteiger partial charge >= 0.3 is 5.97 Å². The maximum atomic E-state index is 12.6. The fourth-order valence-corrected chi connectivity index (χ4v) is 9.02. The van der Waals surface area contributed by atoms with E-state index in [4.69, 9.17) is 30.5 Å². The minimum Gasteiger partial charge on any atom is -0.490 e. The number of hydrogen-bond donors (Lipinski definition) is 0. The summed E-state index contributed by atoms with van der Waals surface area (Å²) in [5, 5.41) is 1.57. The van der Waals surface area contributed by atoms with Crippen molar-refractivity contribution in [1.29, 1.82) is 0 Å². The van der Waals surface area contributed by atoms with Crippen molar-refractivity contribution in [1.82, 2.24) is 9.97 Å². The monoisotopic (exact) mass is 677 g/mol. The van der Waals surface area contributed by atoms with Crippen LogP contribution in [0.2, 0.25) is 5.02 Å². The van der Waals surface area contributed by atoms with Crippen LogP contribution in [0.1, 0.15) is 66.9 Å².